The van der Waals surface area contributed by atoms with E-state index in [1.165, 1.54) is 31.5 Å². The molecule has 0 amide bonds. The Morgan fingerprint density at radius 2 is 2.15 bits per heavy atom. The summed E-state index contributed by atoms with van der Waals surface area (Å²) in [6.07, 6.45) is 2.69. The fourth-order valence-electron chi connectivity index (χ4n) is 2.84. The van der Waals surface area contributed by atoms with Gasteiger partial charge in [0.15, 0.2) is 0 Å². The van der Waals surface area contributed by atoms with Gasteiger partial charge in [0.2, 0.25) is 0 Å². The fraction of sp³-hybridized carbons (Fsp3) is 0.765. The van der Waals surface area contributed by atoms with Crippen LogP contribution in [0.25, 0.3) is 0 Å². The second kappa shape index (κ2) is 6.31. The van der Waals surface area contributed by atoms with E-state index in [1.54, 1.807) is 0 Å². The molecule has 1 unspecified atom stereocenters. The van der Waals surface area contributed by atoms with Gasteiger partial charge in [-0.25, -0.2) is 0 Å². The molecule has 114 valence electrons. The van der Waals surface area contributed by atoms with Crippen LogP contribution in [-0.4, -0.2) is 23.5 Å². The first kappa shape index (κ1) is 15.6. The van der Waals surface area contributed by atoms with E-state index >= 15 is 0 Å². The van der Waals surface area contributed by atoms with E-state index < -0.39 is 0 Å². The highest BCUT2D eigenvalue weighted by Gasteiger charge is 2.19. The quantitative estimate of drug-likeness (QED) is 0.910. The van der Waals surface area contributed by atoms with Gasteiger partial charge in [0.1, 0.15) is 11.5 Å². The maximum absolute atomic E-state index is 6.04. The minimum Gasteiger partial charge on any atom is -0.463 e. The van der Waals surface area contributed by atoms with E-state index in [0.29, 0.717) is 0 Å². The summed E-state index contributed by atoms with van der Waals surface area (Å²) < 4.78 is 6.04. The first-order valence-corrected chi connectivity index (χ1v) is 7.89. The molecule has 3 nitrogen and oxygen atoms in total. The van der Waals surface area contributed by atoms with Crippen LogP contribution in [0.3, 0.4) is 0 Å². The van der Waals surface area contributed by atoms with Gasteiger partial charge in [-0.3, -0.25) is 4.90 Å². The van der Waals surface area contributed by atoms with Crippen molar-refractivity contribution >= 4 is 0 Å². The van der Waals surface area contributed by atoms with Crippen molar-refractivity contribution < 1.29 is 4.42 Å². The van der Waals surface area contributed by atoms with Crippen LogP contribution in [0.1, 0.15) is 57.6 Å². The topological polar surface area (TPSA) is 28.4 Å². The van der Waals surface area contributed by atoms with Gasteiger partial charge >= 0.3 is 0 Å². The van der Waals surface area contributed by atoms with E-state index in [0.717, 1.165) is 30.5 Å². The third kappa shape index (κ3) is 4.64. The summed E-state index contributed by atoms with van der Waals surface area (Å²) in [5, 5.41) is 3.50. The Hall–Kier alpha value is -0.800. The zero-order valence-corrected chi connectivity index (χ0v) is 13.8. The number of furan rings is 1. The van der Waals surface area contributed by atoms with Crippen molar-refractivity contribution in [2.24, 2.45) is 5.92 Å². The van der Waals surface area contributed by atoms with E-state index in [-0.39, 0.29) is 5.54 Å². The standard InChI is InChI=1S/C17H30N2O/c1-13-7-6-8-19(11-13)12-15-9-14(2)16(20-15)10-18-17(3,4)5/h9,13,18H,6-8,10-12H2,1-5H3. The van der Waals surface area contributed by atoms with Crippen LogP contribution in [0.15, 0.2) is 10.5 Å². The average Bonchev–Trinajstić information content (AvgIpc) is 2.66. The van der Waals surface area contributed by atoms with Crippen molar-refractivity contribution in [3.63, 3.8) is 0 Å². The molecule has 3 heteroatoms. The van der Waals surface area contributed by atoms with Gasteiger partial charge in [-0.1, -0.05) is 6.92 Å². The Morgan fingerprint density at radius 3 is 2.80 bits per heavy atom. The van der Waals surface area contributed by atoms with Gasteiger partial charge in [0, 0.05) is 12.1 Å². The first-order valence-electron chi connectivity index (χ1n) is 7.89. The molecule has 20 heavy (non-hydrogen) atoms. The lowest BCUT2D eigenvalue weighted by atomic mass is 10.0. The summed E-state index contributed by atoms with van der Waals surface area (Å²) >= 11 is 0. The van der Waals surface area contributed by atoms with Crippen molar-refractivity contribution in [3.05, 3.63) is 23.2 Å². The summed E-state index contributed by atoms with van der Waals surface area (Å²) in [6, 6.07) is 2.21. The SMILES string of the molecule is Cc1cc(CN2CCCC(C)C2)oc1CNC(C)(C)C. The van der Waals surface area contributed by atoms with Gasteiger partial charge in [-0.2, -0.15) is 0 Å². The Balaban J connectivity index is 1.93. The number of piperidine rings is 1. The Morgan fingerprint density at radius 1 is 1.40 bits per heavy atom. The van der Waals surface area contributed by atoms with E-state index in [9.17, 15) is 0 Å². The first-order chi connectivity index (χ1) is 9.33. The van der Waals surface area contributed by atoms with Crippen LogP contribution in [-0.2, 0) is 13.1 Å². The summed E-state index contributed by atoms with van der Waals surface area (Å²) in [6.45, 7) is 15.2. The maximum Gasteiger partial charge on any atom is 0.120 e. The normalized spacial score (nSPS) is 21.4. The molecular weight excluding hydrogens is 248 g/mol. The Labute approximate surface area is 123 Å². The largest absolute Gasteiger partial charge is 0.463 e. The van der Waals surface area contributed by atoms with Gasteiger partial charge < -0.3 is 9.73 Å². The molecule has 0 bridgehead atoms. The second-order valence-electron chi connectivity index (χ2n) is 7.40. The van der Waals surface area contributed by atoms with Gasteiger partial charge in [0.05, 0.1) is 13.1 Å². The lowest BCUT2D eigenvalue weighted by Crippen LogP contribution is -2.35. The molecule has 1 aromatic heterocycles. The predicted octanol–water partition coefficient (Wildman–Crippen LogP) is 3.71. The van der Waals surface area contributed by atoms with Crippen molar-refractivity contribution in [2.75, 3.05) is 13.1 Å². The summed E-state index contributed by atoms with van der Waals surface area (Å²) in [5.41, 5.74) is 1.39. The van der Waals surface area contributed by atoms with Gasteiger partial charge in [-0.15, -0.1) is 0 Å². The third-order valence-electron chi connectivity index (χ3n) is 3.97. The molecular formula is C17H30N2O. The number of likely N-dealkylation sites (tertiary alicyclic amines) is 1. The van der Waals surface area contributed by atoms with Crippen LogP contribution >= 0.6 is 0 Å². The molecule has 1 fully saturated rings. The van der Waals surface area contributed by atoms with Gasteiger partial charge in [-0.05, 0) is 64.6 Å². The summed E-state index contributed by atoms with van der Waals surface area (Å²) in [5.74, 6) is 3.02. The highest BCUT2D eigenvalue weighted by atomic mass is 16.3. The molecule has 2 heterocycles. The Bertz CT molecular complexity index is 431. The van der Waals surface area contributed by atoms with Crippen molar-refractivity contribution in [1.82, 2.24) is 10.2 Å². The highest BCUT2D eigenvalue weighted by Crippen LogP contribution is 2.21. The predicted molar refractivity (Wildman–Crippen MR) is 83.7 cm³/mol. The maximum atomic E-state index is 6.04. The lowest BCUT2D eigenvalue weighted by Gasteiger charge is -2.29. The molecule has 1 atom stereocenters. The second-order valence-corrected chi connectivity index (χ2v) is 7.40. The Kier molecular flexibility index (Phi) is 4.92. The number of aryl methyl sites for hydroxylation is 1. The molecule has 1 aromatic rings. The minimum absolute atomic E-state index is 0.127. The summed E-state index contributed by atoms with van der Waals surface area (Å²) in [4.78, 5) is 2.52. The number of hydrogen-bond acceptors (Lipinski definition) is 3. The highest BCUT2D eigenvalue weighted by molar-refractivity contribution is 5.20. The number of hydrogen-bond donors (Lipinski definition) is 1. The van der Waals surface area contributed by atoms with E-state index in [4.69, 9.17) is 4.42 Å². The molecule has 1 aliphatic rings. The lowest BCUT2D eigenvalue weighted by molar-refractivity contribution is 0.164. The van der Waals surface area contributed by atoms with Crippen LogP contribution in [0.2, 0.25) is 0 Å². The minimum atomic E-state index is 0.127. The van der Waals surface area contributed by atoms with Crippen molar-refractivity contribution in [1.29, 1.82) is 0 Å². The van der Waals surface area contributed by atoms with Crippen LogP contribution in [0.4, 0.5) is 0 Å². The molecule has 0 spiro atoms. The fourth-order valence-corrected chi connectivity index (χ4v) is 2.84. The molecule has 2 rings (SSSR count). The molecule has 0 radical (unpaired) electrons. The van der Waals surface area contributed by atoms with Crippen molar-refractivity contribution in [2.45, 2.75) is 66.1 Å². The van der Waals surface area contributed by atoms with Crippen LogP contribution < -0.4 is 5.32 Å². The van der Waals surface area contributed by atoms with Crippen LogP contribution in [0, 0.1) is 12.8 Å². The number of rotatable bonds is 4. The zero-order chi connectivity index (χ0) is 14.8. The van der Waals surface area contributed by atoms with E-state index in [1.807, 2.05) is 0 Å². The smallest absolute Gasteiger partial charge is 0.120 e. The summed E-state index contributed by atoms with van der Waals surface area (Å²) in [7, 11) is 0. The number of nitrogens with one attached hydrogen (secondary N) is 1. The average molecular weight is 278 g/mol. The van der Waals surface area contributed by atoms with Crippen LogP contribution in [0.5, 0.6) is 0 Å². The molecule has 0 aliphatic carbocycles. The number of nitrogens with zero attached hydrogens (tertiary/aromatic N) is 1. The molecule has 1 N–H and O–H groups in total. The molecule has 0 saturated carbocycles. The third-order valence-corrected chi connectivity index (χ3v) is 3.97. The monoisotopic (exact) mass is 278 g/mol. The van der Waals surface area contributed by atoms with E-state index in [2.05, 4.69) is 50.9 Å². The molecule has 0 aromatic carbocycles. The van der Waals surface area contributed by atoms with Crippen molar-refractivity contribution in [3.8, 4) is 0 Å². The molecule has 1 saturated heterocycles. The molecule has 1 aliphatic heterocycles. The zero-order valence-electron chi connectivity index (χ0n) is 13.8. The van der Waals surface area contributed by atoms with Gasteiger partial charge in [0.25, 0.3) is 0 Å².